The zero-order valence-electron chi connectivity index (χ0n) is 14.6. The average molecular weight is 359 g/mol. The van der Waals surface area contributed by atoms with Crippen molar-refractivity contribution in [3.05, 3.63) is 66.9 Å². The minimum absolute atomic E-state index is 0.294. The Hall–Kier alpha value is -4.05. The predicted octanol–water partition coefficient (Wildman–Crippen LogP) is 3.13. The third-order valence-corrected chi connectivity index (χ3v) is 3.94. The Bertz CT molecular complexity index is 1060. The first kappa shape index (κ1) is 17.8. The molecule has 0 aliphatic heterocycles. The van der Waals surface area contributed by atoms with Crippen molar-refractivity contribution < 1.29 is 9.53 Å². The highest BCUT2D eigenvalue weighted by molar-refractivity contribution is 5.99. The summed E-state index contributed by atoms with van der Waals surface area (Å²) in [5.74, 6) is 0.510. The molecule has 0 bridgehead atoms. The summed E-state index contributed by atoms with van der Waals surface area (Å²) < 4.78 is 6.88. The van der Waals surface area contributed by atoms with E-state index < -0.39 is 0 Å². The van der Waals surface area contributed by atoms with Crippen LogP contribution in [0.25, 0.3) is 16.8 Å². The molecule has 3 N–H and O–H groups in total. The molecule has 3 rings (SSSR count). The smallest absolute Gasteiger partial charge is 0.247 e. The number of methoxy groups -OCH3 is 1. The molecule has 0 unspecified atom stereocenters. The normalized spacial score (nSPS) is 10.1. The molecule has 0 aliphatic carbocycles. The first-order chi connectivity index (χ1) is 13.0. The van der Waals surface area contributed by atoms with E-state index in [0.717, 1.165) is 11.3 Å². The van der Waals surface area contributed by atoms with Gasteiger partial charge in [0.1, 0.15) is 11.8 Å². The van der Waals surface area contributed by atoms with E-state index in [1.165, 1.54) is 13.2 Å². The summed E-state index contributed by atoms with van der Waals surface area (Å²) in [5, 5.41) is 16.2. The summed E-state index contributed by atoms with van der Waals surface area (Å²) in [6.45, 7) is 3.44. The highest BCUT2D eigenvalue weighted by Crippen LogP contribution is 2.31. The van der Waals surface area contributed by atoms with E-state index in [1.54, 1.807) is 47.3 Å². The minimum atomic E-state index is -0.294. The van der Waals surface area contributed by atoms with Crippen molar-refractivity contribution in [1.29, 1.82) is 5.26 Å². The van der Waals surface area contributed by atoms with Crippen molar-refractivity contribution in [2.75, 3.05) is 18.2 Å². The van der Waals surface area contributed by atoms with Gasteiger partial charge < -0.3 is 15.8 Å². The maximum Gasteiger partial charge on any atom is 0.247 e. The summed E-state index contributed by atoms with van der Waals surface area (Å²) >= 11 is 0. The Kier molecular flexibility index (Phi) is 4.90. The maximum atomic E-state index is 11.5. The lowest BCUT2D eigenvalue weighted by molar-refractivity contribution is -0.111. The molecule has 0 saturated heterocycles. The quantitative estimate of drug-likeness (QED) is 0.681. The molecule has 1 amide bonds. The Morgan fingerprint density at radius 1 is 1.37 bits per heavy atom. The van der Waals surface area contributed by atoms with Gasteiger partial charge in [0.05, 0.1) is 18.4 Å². The molecule has 2 aromatic carbocycles. The SMILES string of the molecule is C=CC(=O)Nc1cccc(-n2cc(-c3ccc(C#N)c(OC)c3)c(N)n2)c1. The fourth-order valence-corrected chi connectivity index (χ4v) is 2.61. The third-order valence-electron chi connectivity index (χ3n) is 3.94. The number of ether oxygens (including phenoxy) is 1. The van der Waals surface area contributed by atoms with Gasteiger partial charge in [-0.25, -0.2) is 4.68 Å². The monoisotopic (exact) mass is 359 g/mol. The fraction of sp³-hybridized carbons (Fsp3) is 0.0500. The van der Waals surface area contributed by atoms with Crippen molar-refractivity contribution in [2.45, 2.75) is 0 Å². The Morgan fingerprint density at radius 2 is 2.19 bits per heavy atom. The van der Waals surface area contributed by atoms with Crippen molar-refractivity contribution in [1.82, 2.24) is 9.78 Å². The molecule has 134 valence electrons. The molecular weight excluding hydrogens is 342 g/mol. The van der Waals surface area contributed by atoms with Crippen molar-refractivity contribution in [3.63, 3.8) is 0 Å². The number of nitrogens with two attached hydrogens (primary N) is 1. The van der Waals surface area contributed by atoms with Crippen LogP contribution in [0.4, 0.5) is 11.5 Å². The van der Waals surface area contributed by atoms with Crippen LogP contribution in [0.15, 0.2) is 61.3 Å². The van der Waals surface area contributed by atoms with E-state index in [2.05, 4.69) is 23.1 Å². The van der Waals surface area contributed by atoms with Crippen LogP contribution in [-0.4, -0.2) is 22.8 Å². The number of amides is 1. The van der Waals surface area contributed by atoms with Crippen LogP contribution in [0.1, 0.15) is 5.56 Å². The number of carbonyl (C=O) groups is 1. The lowest BCUT2D eigenvalue weighted by Crippen LogP contribution is -2.07. The summed E-state index contributed by atoms with van der Waals surface area (Å²) in [5.41, 5.74) is 9.38. The first-order valence-electron chi connectivity index (χ1n) is 8.03. The fourth-order valence-electron chi connectivity index (χ4n) is 2.61. The second-order valence-electron chi connectivity index (χ2n) is 5.64. The molecule has 27 heavy (non-hydrogen) atoms. The lowest BCUT2D eigenvalue weighted by atomic mass is 10.1. The van der Waals surface area contributed by atoms with Crippen molar-refractivity contribution in [3.8, 4) is 28.6 Å². The van der Waals surface area contributed by atoms with Crippen LogP contribution in [0, 0.1) is 11.3 Å². The van der Waals surface area contributed by atoms with Gasteiger partial charge in [0.2, 0.25) is 5.91 Å². The van der Waals surface area contributed by atoms with Gasteiger partial charge in [-0.15, -0.1) is 0 Å². The largest absolute Gasteiger partial charge is 0.495 e. The summed E-state index contributed by atoms with van der Waals surface area (Å²) in [6.07, 6.45) is 2.99. The van der Waals surface area contributed by atoms with Crippen LogP contribution < -0.4 is 15.8 Å². The lowest BCUT2D eigenvalue weighted by Gasteiger charge is -2.06. The average Bonchev–Trinajstić information content (AvgIpc) is 3.09. The number of nitrogens with zero attached hydrogens (tertiary/aromatic N) is 3. The topological polar surface area (TPSA) is 106 Å². The highest BCUT2D eigenvalue weighted by Gasteiger charge is 2.12. The minimum Gasteiger partial charge on any atom is -0.495 e. The number of nitrogen functional groups attached to an aromatic ring is 1. The van der Waals surface area contributed by atoms with E-state index in [9.17, 15) is 4.79 Å². The van der Waals surface area contributed by atoms with Gasteiger partial charge in [-0.1, -0.05) is 18.7 Å². The second-order valence-corrected chi connectivity index (χ2v) is 5.64. The second kappa shape index (κ2) is 7.45. The van der Waals surface area contributed by atoms with Crippen molar-refractivity contribution in [2.24, 2.45) is 0 Å². The summed E-state index contributed by atoms with van der Waals surface area (Å²) in [7, 11) is 1.51. The molecule has 1 aromatic heterocycles. The standard InChI is InChI=1S/C20H17N5O2/c1-3-19(26)23-15-5-4-6-16(10-15)25-12-17(20(22)24-25)13-7-8-14(11-21)18(9-13)27-2/h3-10,12H,1H2,2H3,(H2,22,24)(H,23,26). The maximum absolute atomic E-state index is 11.5. The van der Waals surface area contributed by atoms with E-state index in [0.29, 0.717) is 28.4 Å². The Labute approximate surface area is 156 Å². The number of carbonyl (C=O) groups excluding carboxylic acids is 1. The first-order valence-corrected chi connectivity index (χ1v) is 8.03. The van der Waals surface area contributed by atoms with E-state index in [-0.39, 0.29) is 5.91 Å². The molecule has 3 aromatic rings. The molecule has 0 radical (unpaired) electrons. The number of benzene rings is 2. The van der Waals surface area contributed by atoms with E-state index in [4.69, 9.17) is 15.7 Å². The zero-order valence-corrected chi connectivity index (χ0v) is 14.6. The Morgan fingerprint density at radius 3 is 2.89 bits per heavy atom. The number of anilines is 2. The number of rotatable bonds is 5. The van der Waals surface area contributed by atoms with Crippen molar-refractivity contribution >= 4 is 17.4 Å². The van der Waals surface area contributed by atoms with Crippen LogP contribution in [0.2, 0.25) is 0 Å². The Balaban J connectivity index is 1.98. The van der Waals surface area contributed by atoms with Gasteiger partial charge in [-0.2, -0.15) is 10.4 Å². The number of hydrogen-bond acceptors (Lipinski definition) is 5. The van der Waals surface area contributed by atoms with Gasteiger partial charge in [0, 0.05) is 17.4 Å². The number of nitrogens with one attached hydrogen (secondary N) is 1. The van der Waals surface area contributed by atoms with Crippen LogP contribution >= 0.6 is 0 Å². The van der Waals surface area contributed by atoms with Gasteiger partial charge >= 0.3 is 0 Å². The molecule has 0 atom stereocenters. The number of hydrogen-bond donors (Lipinski definition) is 2. The molecule has 7 heteroatoms. The van der Waals surface area contributed by atoms with Gasteiger partial charge in [-0.3, -0.25) is 4.79 Å². The molecule has 0 aliphatic rings. The zero-order chi connectivity index (χ0) is 19.4. The molecule has 0 spiro atoms. The van der Waals surface area contributed by atoms with Gasteiger partial charge in [0.15, 0.2) is 5.82 Å². The number of nitriles is 1. The molecule has 7 nitrogen and oxygen atoms in total. The van der Waals surface area contributed by atoms with Crippen LogP contribution in [-0.2, 0) is 4.79 Å². The summed E-state index contributed by atoms with van der Waals surface area (Å²) in [4.78, 5) is 11.5. The number of aromatic nitrogens is 2. The molecule has 1 heterocycles. The van der Waals surface area contributed by atoms with E-state index >= 15 is 0 Å². The molecular formula is C20H17N5O2. The molecule has 0 fully saturated rings. The predicted molar refractivity (Wildman–Crippen MR) is 104 cm³/mol. The van der Waals surface area contributed by atoms with Gasteiger partial charge in [0.25, 0.3) is 0 Å². The van der Waals surface area contributed by atoms with Crippen LogP contribution in [0.3, 0.4) is 0 Å². The summed E-state index contributed by atoms with van der Waals surface area (Å²) in [6, 6.07) is 14.5. The van der Waals surface area contributed by atoms with E-state index in [1.807, 2.05) is 6.07 Å². The highest BCUT2D eigenvalue weighted by atomic mass is 16.5. The third kappa shape index (κ3) is 3.65. The van der Waals surface area contributed by atoms with Crippen LogP contribution in [0.5, 0.6) is 5.75 Å². The van der Waals surface area contributed by atoms with Gasteiger partial charge in [-0.05, 0) is 42.0 Å². The molecule has 0 saturated carbocycles.